The maximum absolute atomic E-state index is 10.5. The lowest BCUT2D eigenvalue weighted by atomic mass is 10.7. The molecule has 0 unspecified atom stereocenters. The molecule has 0 aliphatic rings. The van der Waals surface area contributed by atoms with Gasteiger partial charge in [0.25, 0.3) is 0 Å². The molecule has 0 atom stereocenters. The Morgan fingerprint density at radius 1 is 1.00 bits per heavy atom. The lowest BCUT2D eigenvalue weighted by Gasteiger charge is -2.03. The van der Waals surface area contributed by atoms with Crippen molar-refractivity contribution in [2.75, 3.05) is 13.1 Å². The van der Waals surface area contributed by atoms with Crippen LogP contribution in [0.4, 0.5) is 4.79 Å². The van der Waals surface area contributed by atoms with E-state index in [4.69, 9.17) is 11.5 Å². The summed E-state index contributed by atoms with van der Waals surface area (Å²) in [6, 6.07) is 0. The molecule has 9 heteroatoms. The van der Waals surface area contributed by atoms with Gasteiger partial charge in [-0.05, 0) is 0 Å². The molecule has 0 saturated heterocycles. The van der Waals surface area contributed by atoms with Crippen molar-refractivity contribution < 1.29 is 29.0 Å². The number of amides is 1. The van der Waals surface area contributed by atoms with Gasteiger partial charge in [-0.1, -0.05) is 0 Å². The third-order valence-electron chi connectivity index (χ3n) is 0.792. The van der Waals surface area contributed by atoms with Crippen molar-refractivity contribution in [3.05, 3.63) is 0 Å². The molecule has 9 nitrogen and oxygen atoms in total. The second-order valence-electron chi connectivity index (χ2n) is 1.81. The predicted molar refractivity (Wildman–Crippen MR) is 39.9 cm³/mol. The van der Waals surface area contributed by atoms with Crippen LogP contribution in [0, 0.1) is 0 Å². The quantitative estimate of drug-likeness (QED) is 0.334. The number of hydrogen-bond donors (Lipinski definition) is 3. The fraction of sp³-hybridized carbons (Fsp3) is 0.400. The minimum absolute atomic E-state index is 0.414. The number of hydrogen-bond acceptors (Lipinski definition) is 8. The standard InChI is InChI=1S/C5H9N3O6/c6-1-3(9)12-8-5(11)14-13-4(10)2-7/h1-2,6-7H2,(H,8,11). The fourth-order valence-corrected chi connectivity index (χ4v) is 0.276. The smallest absolute Gasteiger partial charge is 0.336 e. The molecule has 0 saturated carbocycles. The third-order valence-corrected chi connectivity index (χ3v) is 0.792. The van der Waals surface area contributed by atoms with Crippen molar-refractivity contribution in [3.8, 4) is 0 Å². The zero-order chi connectivity index (χ0) is 11.0. The molecule has 0 heterocycles. The van der Waals surface area contributed by atoms with Crippen molar-refractivity contribution in [2.24, 2.45) is 11.5 Å². The molecular formula is C5H9N3O6. The van der Waals surface area contributed by atoms with Crippen molar-refractivity contribution in [1.82, 2.24) is 5.48 Å². The van der Waals surface area contributed by atoms with Crippen LogP contribution in [0.3, 0.4) is 0 Å². The van der Waals surface area contributed by atoms with E-state index in [1.165, 1.54) is 5.48 Å². The van der Waals surface area contributed by atoms with Gasteiger partial charge in [-0.2, -0.15) is 0 Å². The van der Waals surface area contributed by atoms with Crippen LogP contribution in [-0.4, -0.2) is 31.1 Å². The second kappa shape index (κ2) is 6.62. The van der Waals surface area contributed by atoms with E-state index in [9.17, 15) is 14.4 Å². The lowest BCUT2D eigenvalue weighted by molar-refractivity contribution is -0.234. The van der Waals surface area contributed by atoms with E-state index < -0.39 is 31.1 Å². The molecule has 14 heavy (non-hydrogen) atoms. The maximum atomic E-state index is 10.5. The molecular weight excluding hydrogens is 198 g/mol. The van der Waals surface area contributed by atoms with Gasteiger partial charge in [0, 0.05) is 0 Å². The third kappa shape index (κ3) is 5.74. The van der Waals surface area contributed by atoms with Gasteiger partial charge in [0.1, 0.15) is 0 Å². The highest BCUT2D eigenvalue weighted by Gasteiger charge is 2.09. The van der Waals surface area contributed by atoms with Gasteiger partial charge in [-0.25, -0.2) is 24.2 Å². The van der Waals surface area contributed by atoms with E-state index in [0.717, 1.165) is 0 Å². The van der Waals surface area contributed by atoms with Crippen molar-refractivity contribution in [2.45, 2.75) is 0 Å². The topological polar surface area (TPSA) is 143 Å². The average Bonchev–Trinajstić information content (AvgIpc) is 2.22. The summed E-state index contributed by atoms with van der Waals surface area (Å²) in [5.74, 6) is -1.84. The number of nitrogens with one attached hydrogen (secondary N) is 1. The van der Waals surface area contributed by atoms with Crippen molar-refractivity contribution >= 4 is 18.0 Å². The Bertz CT molecular complexity index is 208. The summed E-state index contributed by atoms with van der Waals surface area (Å²) in [5, 5.41) is 0. The summed E-state index contributed by atoms with van der Waals surface area (Å²) in [6.45, 7) is -0.862. The predicted octanol–water partition coefficient (Wildman–Crippen LogP) is -2.45. The first-order valence-corrected chi connectivity index (χ1v) is 3.37. The Labute approximate surface area is 78.1 Å². The van der Waals surface area contributed by atoms with E-state index >= 15 is 0 Å². The van der Waals surface area contributed by atoms with Crippen LogP contribution in [-0.2, 0) is 24.2 Å². The Morgan fingerprint density at radius 2 is 1.57 bits per heavy atom. The molecule has 0 aromatic rings. The van der Waals surface area contributed by atoms with Gasteiger partial charge in [0.15, 0.2) is 0 Å². The first kappa shape index (κ1) is 12.1. The van der Waals surface area contributed by atoms with Gasteiger partial charge in [0.05, 0.1) is 13.1 Å². The van der Waals surface area contributed by atoms with Crippen LogP contribution in [0.5, 0.6) is 0 Å². The zero-order valence-corrected chi connectivity index (χ0v) is 7.02. The van der Waals surface area contributed by atoms with Gasteiger partial charge in [0.2, 0.25) is 0 Å². The zero-order valence-electron chi connectivity index (χ0n) is 7.02. The van der Waals surface area contributed by atoms with Crippen LogP contribution in [0.1, 0.15) is 0 Å². The second-order valence-corrected chi connectivity index (χ2v) is 1.81. The first-order chi connectivity index (χ1) is 6.60. The Kier molecular flexibility index (Phi) is 5.74. The minimum Gasteiger partial charge on any atom is -0.336 e. The van der Waals surface area contributed by atoms with Crippen LogP contribution >= 0.6 is 0 Å². The molecule has 0 radical (unpaired) electrons. The summed E-state index contributed by atoms with van der Waals surface area (Å²) < 4.78 is 0. The van der Waals surface area contributed by atoms with Gasteiger partial charge in [-0.3, -0.25) is 0 Å². The Hall–Kier alpha value is -1.87. The number of carbonyl (C=O) groups excluding carboxylic acids is 3. The number of nitrogens with two attached hydrogens (primary N) is 2. The molecule has 0 rings (SSSR count). The lowest BCUT2D eigenvalue weighted by Crippen LogP contribution is -2.32. The largest absolute Gasteiger partial charge is 0.482 e. The van der Waals surface area contributed by atoms with E-state index in [0.29, 0.717) is 0 Å². The Balaban J connectivity index is 3.56. The van der Waals surface area contributed by atoms with Gasteiger partial charge < -0.3 is 16.3 Å². The maximum Gasteiger partial charge on any atom is 0.482 e. The average molecular weight is 207 g/mol. The summed E-state index contributed by atoms with van der Waals surface area (Å²) in [7, 11) is 0. The van der Waals surface area contributed by atoms with E-state index in [1.54, 1.807) is 0 Å². The van der Waals surface area contributed by atoms with Gasteiger partial charge >= 0.3 is 18.0 Å². The van der Waals surface area contributed by atoms with Crippen LogP contribution in [0.25, 0.3) is 0 Å². The molecule has 0 aromatic heterocycles. The molecule has 80 valence electrons. The monoisotopic (exact) mass is 207 g/mol. The molecule has 0 spiro atoms. The molecule has 0 bridgehead atoms. The molecule has 1 amide bonds. The van der Waals surface area contributed by atoms with Crippen LogP contribution < -0.4 is 16.9 Å². The van der Waals surface area contributed by atoms with Gasteiger partial charge in [-0.15, -0.1) is 5.48 Å². The molecule has 0 aromatic carbocycles. The fourth-order valence-electron chi connectivity index (χ4n) is 0.276. The highest BCUT2D eigenvalue weighted by molar-refractivity contribution is 5.75. The highest BCUT2D eigenvalue weighted by atomic mass is 17.2. The van der Waals surface area contributed by atoms with Crippen molar-refractivity contribution in [1.29, 1.82) is 0 Å². The van der Waals surface area contributed by atoms with Crippen LogP contribution in [0.2, 0.25) is 0 Å². The summed E-state index contributed by atoms with van der Waals surface area (Å²) in [4.78, 5) is 42.8. The minimum atomic E-state index is -1.28. The Morgan fingerprint density at radius 3 is 2.07 bits per heavy atom. The van der Waals surface area contributed by atoms with E-state index in [1.807, 2.05) is 0 Å². The molecule has 5 N–H and O–H groups in total. The summed E-state index contributed by atoms with van der Waals surface area (Å²) in [5.41, 5.74) is 11.2. The molecule has 0 aliphatic heterocycles. The van der Waals surface area contributed by atoms with E-state index in [2.05, 4.69) is 14.6 Å². The number of carbonyl (C=O) groups is 3. The van der Waals surface area contributed by atoms with Crippen LogP contribution in [0.15, 0.2) is 0 Å². The SMILES string of the molecule is NCC(=O)ONC(=O)OOC(=O)CN. The number of rotatable bonds is 2. The van der Waals surface area contributed by atoms with Crippen molar-refractivity contribution in [3.63, 3.8) is 0 Å². The normalized spacial score (nSPS) is 8.71. The summed E-state index contributed by atoms with van der Waals surface area (Å²) >= 11 is 0. The number of hydroxylamine groups is 1. The van der Waals surface area contributed by atoms with E-state index in [-0.39, 0.29) is 0 Å². The molecule has 0 aliphatic carbocycles. The summed E-state index contributed by atoms with van der Waals surface area (Å²) in [6.07, 6.45) is -1.28. The first-order valence-electron chi connectivity index (χ1n) is 3.37. The highest BCUT2D eigenvalue weighted by Crippen LogP contribution is 1.81. The molecule has 0 fully saturated rings.